The van der Waals surface area contributed by atoms with Crippen LogP contribution < -0.4 is 10.2 Å². The molecule has 1 N–H and O–H groups in total. The van der Waals surface area contributed by atoms with E-state index in [0.29, 0.717) is 31.3 Å². The number of rotatable bonds is 10. The number of hydrogen-bond donors (Lipinski definition) is 1. The van der Waals surface area contributed by atoms with Gasteiger partial charge in [-0.15, -0.1) is 0 Å². The number of amides is 1. The van der Waals surface area contributed by atoms with Crippen molar-refractivity contribution in [2.24, 2.45) is 5.92 Å². The summed E-state index contributed by atoms with van der Waals surface area (Å²) in [6.45, 7) is 6.03. The van der Waals surface area contributed by atoms with Gasteiger partial charge in [-0.25, -0.2) is 8.42 Å². The summed E-state index contributed by atoms with van der Waals surface area (Å²) < 4.78 is 32.4. The Hall–Kier alpha value is -2.13. The molecule has 166 valence electrons. The minimum Gasteiger partial charge on any atom is -0.464 e. The number of carbonyl (C=O) groups excluding carboxylic acids is 2. The lowest BCUT2D eigenvalue weighted by atomic mass is 10.1. The van der Waals surface area contributed by atoms with Crippen LogP contribution >= 0.6 is 0 Å². The molecule has 1 saturated heterocycles. The number of nitrogens with zero attached hydrogens (tertiary/aromatic N) is 2. The van der Waals surface area contributed by atoms with Gasteiger partial charge in [0.25, 0.3) is 5.91 Å². The van der Waals surface area contributed by atoms with Crippen molar-refractivity contribution in [1.82, 2.24) is 9.62 Å². The molecule has 0 bridgehead atoms. The maximum absolute atomic E-state index is 12.9. The molecule has 1 aliphatic heterocycles. The van der Waals surface area contributed by atoms with E-state index >= 15 is 0 Å². The fourth-order valence-electron chi connectivity index (χ4n) is 3.60. The lowest BCUT2D eigenvalue weighted by Crippen LogP contribution is -2.33. The van der Waals surface area contributed by atoms with Crippen LogP contribution in [-0.2, 0) is 19.6 Å². The molecule has 1 amide bonds. The molecule has 30 heavy (non-hydrogen) atoms. The van der Waals surface area contributed by atoms with Gasteiger partial charge in [-0.2, -0.15) is 4.31 Å². The average molecular weight is 438 g/mol. The molecule has 1 aromatic carbocycles. The molecule has 1 heterocycles. The van der Waals surface area contributed by atoms with Crippen molar-refractivity contribution in [2.45, 2.75) is 44.4 Å². The lowest BCUT2D eigenvalue weighted by molar-refractivity contribution is -0.142. The number of anilines is 1. The maximum atomic E-state index is 12.9. The molecule has 2 aliphatic rings. The number of nitrogens with one attached hydrogen (secondary N) is 1. The van der Waals surface area contributed by atoms with E-state index in [9.17, 15) is 18.0 Å². The highest BCUT2D eigenvalue weighted by molar-refractivity contribution is 7.89. The third kappa shape index (κ3) is 5.31. The van der Waals surface area contributed by atoms with E-state index in [1.807, 2.05) is 0 Å². The first-order valence-corrected chi connectivity index (χ1v) is 12.1. The summed E-state index contributed by atoms with van der Waals surface area (Å²) in [5.41, 5.74) is 0.954. The molecule has 9 heteroatoms. The van der Waals surface area contributed by atoms with E-state index in [2.05, 4.69) is 10.2 Å². The van der Waals surface area contributed by atoms with Crippen molar-refractivity contribution in [2.75, 3.05) is 44.2 Å². The monoisotopic (exact) mass is 437 g/mol. The highest BCUT2D eigenvalue weighted by Gasteiger charge is 2.27. The minimum atomic E-state index is -3.70. The fraction of sp³-hybridized carbons (Fsp3) is 0.619. The van der Waals surface area contributed by atoms with Crippen molar-refractivity contribution in [1.29, 1.82) is 0 Å². The Morgan fingerprint density at radius 2 is 1.83 bits per heavy atom. The van der Waals surface area contributed by atoms with Gasteiger partial charge in [-0.1, -0.05) is 13.8 Å². The van der Waals surface area contributed by atoms with E-state index in [1.54, 1.807) is 26.0 Å². The number of benzene rings is 1. The standard InChI is InChI=1S/C21H31N3O5S/c1-3-24(4-2)30(27,28)17-9-10-19(23-11-5-6-12-23)18(13-17)21(26)22-14-20(25)29-15-16-7-8-16/h9-10,13,16H,3-8,11-12,14-15H2,1-2H3,(H,22,26). The van der Waals surface area contributed by atoms with Crippen LogP contribution in [0.15, 0.2) is 23.1 Å². The van der Waals surface area contributed by atoms with Crippen LogP contribution in [0.1, 0.15) is 49.9 Å². The predicted molar refractivity (Wildman–Crippen MR) is 114 cm³/mol. The van der Waals surface area contributed by atoms with E-state index < -0.39 is 21.9 Å². The van der Waals surface area contributed by atoms with Crippen molar-refractivity contribution < 1.29 is 22.7 Å². The summed E-state index contributed by atoms with van der Waals surface area (Å²) in [6, 6.07) is 4.68. The molecule has 0 atom stereocenters. The molecule has 0 spiro atoms. The maximum Gasteiger partial charge on any atom is 0.325 e. The van der Waals surface area contributed by atoms with E-state index in [1.165, 1.54) is 10.4 Å². The van der Waals surface area contributed by atoms with Crippen LogP contribution in [0.3, 0.4) is 0 Å². The van der Waals surface area contributed by atoms with Gasteiger partial charge in [0.1, 0.15) is 6.54 Å². The van der Waals surface area contributed by atoms with Crippen LogP contribution in [0.5, 0.6) is 0 Å². The van der Waals surface area contributed by atoms with Crippen LogP contribution in [0.25, 0.3) is 0 Å². The molecule has 1 aromatic rings. The molecule has 0 radical (unpaired) electrons. The second kappa shape index (κ2) is 9.78. The largest absolute Gasteiger partial charge is 0.464 e. The number of esters is 1. The SMILES string of the molecule is CCN(CC)S(=O)(=O)c1ccc(N2CCCC2)c(C(=O)NCC(=O)OCC2CC2)c1. The molecule has 3 rings (SSSR count). The van der Waals surface area contributed by atoms with Gasteiger partial charge in [0.2, 0.25) is 10.0 Å². The summed E-state index contributed by atoms with van der Waals surface area (Å²) in [4.78, 5) is 27.0. The predicted octanol–water partition coefficient (Wildman–Crippen LogP) is 2.00. The summed E-state index contributed by atoms with van der Waals surface area (Å²) >= 11 is 0. The van der Waals surface area contributed by atoms with Crippen LogP contribution in [0.2, 0.25) is 0 Å². The lowest BCUT2D eigenvalue weighted by Gasteiger charge is -2.23. The normalized spacial score (nSPS) is 16.7. The average Bonchev–Trinajstić information content (AvgIpc) is 3.41. The molecule has 8 nitrogen and oxygen atoms in total. The van der Waals surface area contributed by atoms with Gasteiger partial charge in [0.05, 0.1) is 17.1 Å². The van der Waals surface area contributed by atoms with Crippen LogP contribution in [0.4, 0.5) is 5.69 Å². The molecular formula is C21H31N3O5S. The van der Waals surface area contributed by atoms with E-state index in [4.69, 9.17) is 4.74 Å². The molecule has 0 aromatic heterocycles. The Morgan fingerprint density at radius 1 is 1.17 bits per heavy atom. The van der Waals surface area contributed by atoms with Crippen LogP contribution in [-0.4, -0.2) is 63.9 Å². The number of ether oxygens (including phenoxy) is 1. The summed E-state index contributed by atoms with van der Waals surface area (Å²) in [6.07, 6.45) is 4.20. The van der Waals surface area contributed by atoms with Gasteiger partial charge < -0.3 is 15.0 Å². The molecular weight excluding hydrogens is 406 g/mol. The Bertz CT molecular complexity index is 873. The second-order valence-corrected chi connectivity index (χ2v) is 9.71. The third-order valence-corrected chi connectivity index (χ3v) is 7.62. The molecule has 0 unspecified atom stereocenters. The van der Waals surface area contributed by atoms with Gasteiger partial charge in [0.15, 0.2) is 0 Å². The van der Waals surface area contributed by atoms with Gasteiger partial charge in [0, 0.05) is 31.9 Å². The Balaban J connectivity index is 1.81. The van der Waals surface area contributed by atoms with Crippen molar-refractivity contribution >= 4 is 27.6 Å². The zero-order valence-corrected chi connectivity index (χ0v) is 18.5. The Kier molecular flexibility index (Phi) is 7.36. The summed E-state index contributed by atoms with van der Waals surface area (Å²) in [5.74, 6) is -0.504. The quantitative estimate of drug-likeness (QED) is 0.563. The first-order valence-electron chi connectivity index (χ1n) is 10.7. The van der Waals surface area contributed by atoms with Crippen molar-refractivity contribution in [3.63, 3.8) is 0 Å². The Labute approximate surface area is 178 Å². The van der Waals surface area contributed by atoms with Crippen LogP contribution in [0, 0.1) is 5.92 Å². The van der Waals surface area contributed by atoms with Gasteiger partial charge >= 0.3 is 5.97 Å². The fourth-order valence-corrected chi connectivity index (χ4v) is 5.08. The zero-order valence-electron chi connectivity index (χ0n) is 17.7. The van der Waals surface area contributed by atoms with Gasteiger partial charge in [-0.05, 0) is 49.8 Å². The topological polar surface area (TPSA) is 96.0 Å². The first-order chi connectivity index (χ1) is 14.4. The highest BCUT2D eigenvalue weighted by atomic mass is 32.2. The number of sulfonamides is 1. The summed E-state index contributed by atoms with van der Waals surface area (Å²) in [5, 5.41) is 2.59. The first kappa shape index (κ1) is 22.6. The van der Waals surface area contributed by atoms with Crippen molar-refractivity contribution in [3.05, 3.63) is 23.8 Å². The van der Waals surface area contributed by atoms with Crippen molar-refractivity contribution in [3.8, 4) is 0 Å². The smallest absolute Gasteiger partial charge is 0.325 e. The number of carbonyl (C=O) groups is 2. The number of hydrogen-bond acceptors (Lipinski definition) is 6. The highest BCUT2D eigenvalue weighted by Crippen LogP contribution is 2.29. The van der Waals surface area contributed by atoms with E-state index in [0.717, 1.165) is 38.8 Å². The second-order valence-electron chi connectivity index (χ2n) is 7.77. The zero-order chi connectivity index (χ0) is 21.7. The minimum absolute atomic E-state index is 0.0793. The summed E-state index contributed by atoms with van der Waals surface area (Å²) in [7, 11) is -3.70. The van der Waals surface area contributed by atoms with Gasteiger partial charge in [-0.3, -0.25) is 9.59 Å². The molecule has 1 saturated carbocycles. The third-order valence-electron chi connectivity index (χ3n) is 5.57. The van der Waals surface area contributed by atoms with E-state index in [-0.39, 0.29) is 17.0 Å². The Morgan fingerprint density at radius 3 is 2.43 bits per heavy atom. The molecule has 1 aliphatic carbocycles. The molecule has 2 fully saturated rings.